The first-order valence-corrected chi connectivity index (χ1v) is 8.14. The zero-order chi connectivity index (χ0) is 14.6. The molecule has 0 saturated heterocycles. The molecule has 1 atom stereocenters. The Morgan fingerprint density at radius 1 is 1.50 bits per heavy atom. The normalized spacial score (nSPS) is 17.8. The number of nitrogens with two attached hydrogens (primary N) is 1. The van der Waals surface area contributed by atoms with Crippen molar-refractivity contribution in [1.29, 1.82) is 5.26 Å². The molecule has 1 aliphatic carbocycles. The van der Waals surface area contributed by atoms with Crippen LogP contribution in [0.1, 0.15) is 31.4 Å². The van der Waals surface area contributed by atoms with Crippen molar-refractivity contribution in [3.8, 4) is 6.07 Å². The van der Waals surface area contributed by atoms with Gasteiger partial charge in [0.15, 0.2) is 5.69 Å². The second-order valence-corrected chi connectivity index (χ2v) is 6.65. The van der Waals surface area contributed by atoms with Gasteiger partial charge in [-0.05, 0) is 30.9 Å². The maximum absolute atomic E-state index is 12.4. The zero-order valence-corrected chi connectivity index (χ0v) is 11.9. The number of rotatable bonds is 5. The van der Waals surface area contributed by atoms with Crippen molar-refractivity contribution < 1.29 is 8.42 Å². The SMILES string of the molecule is N#Cc1ncccc1S(=O)(=O)NC(CN)C1CCCC1. The number of hydrogen-bond acceptors (Lipinski definition) is 5. The molecule has 0 aromatic carbocycles. The molecule has 7 heteroatoms. The molecule has 0 aliphatic heterocycles. The molecule has 1 heterocycles. The summed E-state index contributed by atoms with van der Waals surface area (Å²) in [6.07, 6.45) is 5.60. The summed E-state index contributed by atoms with van der Waals surface area (Å²) in [5, 5.41) is 8.96. The standard InChI is InChI=1S/C13H18N4O2S/c14-8-11(10-4-1-2-5-10)17-20(18,19)13-6-3-7-16-12(13)9-15/h3,6-7,10-11,17H,1-2,4-5,8,14H2. The first-order chi connectivity index (χ1) is 9.58. The molecule has 0 spiro atoms. The first kappa shape index (κ1) is 14.9. The molecule has 1 aliphatic rings. The summed E-state index contributed by atoms with van der Waals surface area (Å²) < 4.78 is 27.4. The molecule has 6 nitrogen and oxygen atoms in total. The zero-order valence-electron chi connectivity index (χ0n) is 11.1. The number of aromatic nitrogens is 1. The summed E-state index contributed by atoms with van der Waals surface area (Å²) in [7, 11) is -3.77. The third-order valence-corrected chi connectivity index (χ3v) is 5.22. The molecule has 1 aromatic rings. The Balaban J connectivity index is 2.24. The average Bonchev–Trinajstić information content (AvgIpc) is 2.98. The number of nitrogens with one attached hydrogen (secondary N) is 1. The molecule has 1 aromatic heterocycles. The van der Waals surface area contributed by atoms with E-state index in [1.807, 2.05) is 0 Å². The van der Waals surface area contributed by atoms with E-state index in [9.17, 15) is 8.42 Å². The van der Waals surface area contributed by atoms with Crippen molar-refractivity contribution in [1.82, 2.24) is 9.71 Å². The van der Waals surface area contributed by atoms with Crippen molar-refractivity contribution in [3.63, 3.8) is 0 Å². The maximum Gasteiger partial charge on any atom is 0.243 e. The Hall–Kier alpha value is -1.49. The van der Waals surface area contributed by atoms with Gasteiger partial charge in [0, 0.05) is 18.8 Å². The number of nitriles is 1. The summed E-state index contributed by atoms with van der Waals surface area (Å²) in [5.41, 5.74) is 5.61. The Bertz CT molecular complexity index is 603. The van der Waals surface area contributed by atoms with Gasteiger partial charge in [0.05, 0.1) is 0 Å². The molecular weight excluding hydrogens is 276 g/mol. The Labute approximate surface area is 119 Å². The third-order valence-electron chi connectivity index (χ3n) is 3.70. The van der Waals surface area contributed by atoms with Crippen molar-refractivity contribution in [2.75, 3.05) is 6.54 Å². The van der Waals surface area contributed by atoms with Crippen LogP contribution in [0.4, 0.5) is 0 Å². The molecule has 0 radical (unpaired) electrons. The van der Waals surface area contributed by atoms with E-state index in [2.05, 4.69) is 9.71 Å². The molecule has 3 N–H and O–H groups in total. The second kappa shape index (κ2) is 6.31. The van der Waals surface area contributed by atoms with E-state index in [0.717, 1.165) is 25.7 Å². The van der Waals surface area contributed by atoms with E-state index >= 15 is 0 Å². The van der Waals surface area contributed by atoms with E-state index in [1.54, 1.807) is 6.07 Å². The van der Waals surface area contributed by atoms with Gasteiger partial charge in [0.2, 0.25) is 10.0 Å². The van der Waals surface area contributed by atoms with Gasteiger partial charge in [-0.2, -0.15) is 5.26 Å². The molecule has 1 saturated carbocycles. The van der Waals surface area contributed by atoms with E-state index in [4.69, 9.17) is 11.0 Å². The van der Waals surface area contributed by atoms with Gasteiger partial charge in [0.25, 0.3) is 0 Å². The van der Waals surface area contributed by atoms with Gasteiger partial charge < -0.3 is 5.73 Å². The fourth-order valence-corrected chi connectivity index (χ4v) is 4.08. The molecule has 1 unspecified atom stereocenters. The fourth-order valence-electron chi connectivity index (χ4n) is 2.65. The minimum Gasteiger partial charge on any atom is -0.329 e. The van der Waals surface area contributed by atoms with E-state index in [-0.39, 0.29) is 29.1 Å². The highest BCUT2D eigenvalue weighted by atomic mass is 32.2. The Morgan fingerprint density at radius 3 is 2.80 bits per heavy atom. The van der Waals surface area contributed by atoms with Crippen LogP contribution >= 0.6 is 0 Å². The summed E-state index contributed by atoms with van der Waals surface area (Å²) >= 11 is 0. The van der Waals surface area contributed by atoms with Gasteiger partial charge in [-0.1, -0.05) is 12.8 Å². The Kier molecular flexibility index (Phi) is 4.70. The molecule has 0 bridgehead atoms. The molecule has 2 rings (SSSR count). The van der Waals surface area contributed by atoms with Crippen molar-refractivity contribution >= 4 is 10.0 Å². The summed E-state index contributed by atoms with van der Waals surface area (Å²) in [5.74, 6) is 0.275. The quantitative estimate of drug-likeness (QED) is 0.833. The third kappa shape index (κ3) is 3.15. The monoisotopic (exact) mass is 294 g/mol. The van der Waals surface area contributed by atoms with Gasteiger partial charge >= 0.3 is 0 Å². The van der Waals surface area contributed by atoms with Crippen LogP contribution < -0.4 is 10.5 Å². The van der Waals surface area contributed by atoms with E-state index in [1.165, 1.54) is 18.3 Å². The van der Waals surface area contributed by atoms with Crippen LogP contribution in [0, 0.1) is 17.2 Å². The number of hydrogen-bond donors (Lipinski definition) is 2. The molecule has 1 fully saturated rings. The minimum absolute atomic E-state index is 0.0843. The highest BCUT2D eigenvalue weighted by Crippen LogP contribution is 2.28. The highest BCUT2D eigenvalue weighted by molar-refractivity contribution is 7.89. The molecule has 108 valence electrons. The van der Waals surface area contributed by atoms with Crippen molar-refractivity contribution in [2.45, 2.75) is 36.6 Å². The molecule has 20 heavy (non-hydrogen) atoms. The van der Waals surface area contributed by atoms with Crippen molar-refractivity contribution in [2.24, 2.45) is 11.7 Å². The smallest absolute Gasteiger partial charge is 0.243 e. The van der Waals surface area contributed by atoms with Crippen LogP contribution in [-0.4, -0.2) is 26.0 Å². The number of pyridine rings is 1. The fraction of sp³-hybridized carbons (Fsp3) is 0.538. The predicted octanol–water partition coefficient (Wildman–Crippen LogP) is 0.749. The summed E-state index contributed by atoms with van der Waals surface area (Å²) in [6.45, 7) is 0.256. The van der Waals surface area contributed by atoms with E-state index in [0.29, 0.717) is 0 Å². The van der Waals surface area contributed by atoms with Gasteiger partial charge in [-0.15, -0.1) is 0 Å². The van der Waals surface area contributed by atoms with Gasteiger partial charge in [0.1, 0.15) is 11.0 Å². The maximum atomic E-state index is 12.4. The van der Waals surface area contributed by atoms with Crippen LogP contribution in [0.15, 0.2) is 23.2 Å². The average molecular weight is 294 g/mol. The first-order valence-electron chi connectivity index (χ1n) is 6.66. The van der Waals surface area contributed by atoms with Gasteiger partial charge in [-0.25, -0.2) is 18.1 Å². The lowest BCUT2D eigenvalue weighted by molar-refractivity contribution is 0.405. The largest absolute Gasteiger partial charge is 0.329 e. The molecular formula is C13H18N4O2S. The lowest BCUT2D eigenvalue weighted by Gasteiger charge is -2.23. The summed E-state index contributed by atoms with van der Waals surface area (Å²) in [4.78, 5) is 3.70. The molecule has 0 amide bonds. The lowest BCUT2D eigenvalue weighted by Crippen LogP contribution is -2.44. The minimum atomic E-state index is -3.77. The highest BCUT2D eigenvalue weighted by Gasteiger charge is 2.29. The van der Waals surface area contributed by atoms with Crippen LogP contribution in [0.5, 0.6) is 0 Å². The number of sulfonamides is 1. The topological polar surface area (TPSA) is 109 Å². The van der Waals surface area contributed by atoms with Crippen LogP contribution in [0.2, 0.25) is 0 Å². The van der Waals surface area contributed by atoms with E-state index < -0.39 is 10.0 Å². The summed E-state index contributed by atoms with van der Waals surface area (Å²) in [6, 6.07) is 4.41. The van der Waals surface area contributed by atoms with Crippen molar-refractivity contribution in [3.05, 3.63) is 24.0 Å². The lowest BCUT2D eigenvalue weighted by atomic mass is 9.99. The van der Waals surface area contributed by atoms with Gasteiger partial charge in [-0.3, -0.25) is 0 Å². The van der Waals surface area contributed by atoms with Crippen LogP contribution in [0.25, 0.3) is 0 Å². The van der Waals surface area contributed by atoms with Crippen LogP contribution in [-0.2, 0) is 10.0 Å². The Morgan fingerprint density at radius 2 is 2.20 bits per heavy atom. The van der Waals surface area contributed by atoms with Crippen LogP contribution in [0.3, 0.4) is 0 Å². The predicted molar refractivity (Wildman–Crippen MR) is 74.1 cm³/mol. The second-order valence-electron chi connectivity index (χ2n) is 4.97. The number of nitrogens with zero attached hydrogens (tertiary/aromatic N) is 2.